The molecule has 0 saturated carbocycles. The summed E-state index contributed by atoms with van der Waals surface area (Å²) in [5.74, 6) is -0.807. The number of carbonyl (C=O) groups excluding carboxylic acids is 2. The van der Waals surface area contributed by atoms with Crippen molar-refractivity contribution in [2.75, 3.05) is 28.6 Å². The van der Waals surface area contributed by atoms with Crippen LogP contribution in [0.2, 0.25) is 0 Å². The largest absolute Gasteiger partial charge is 0.355 e. The zero-order chi connectivity index (χ0) is 26.5. The molecular weight excluding hydrogens is 507 g/mol. The highest BCUT2D eigenvalue weighted by atomic mass is 32.1. The van der Waals surface area contributed by atoms with Gasteiger partial charge in [0.05, 0.1) is 5.69 Å². The summed E-state index contributed by atoms with van der Waals surface area (Å²) in [7, 11) is 0. The van der Waals surface area contributed by atoms with E-state index in [1.165, 1.54) is 24.3 Å². The second kappa shape index (κ2) is 11.4. The van der Waals surface area contributed by atoms with Gasteiger partial charge in [-0.3, -0.25) is 14.6 Å². The maximum atomic E-state index is 14.6. The number of anilines is 3. The first-order valence-electron chi connectivity index (χ1n) is 12.1. The molecule has 12 heteroatoms. The van der Waals surface area contributed by atoms with Gasteiger partial charge in [0.15, 0.2) is 11.6 Å². The fourth-order valence-electron chi connectivity index (χ4n) is 4.41. The first-order chi connectivity index (χ1) is 18.5. The van der Waals surface area contributed by atoms with Crippen molar-refractivity contribution < 1.29 is 14.0 Å². The summed E-state index contributed by atoms with van der Waals surface area (Å²) in [5, 5.41) is 23.6. The third-order valence-corrected chi connectivity index (χ3v) is 7.26. The van der Waals surface area contributed by atoms with Crippen molar-refractivity contribution in [3.05, 3.63) is 82.9 Å². The van der Waals surface area contributed by atoms with Gasteiger partial charge in [-0.25, -0.2) is 4.39 Å². The molecule has 1 aliphatic heterocycles. The van der Waals surface area contributed by atoms with E-state index in [4.69, 9.17) is 0 Å². The lowest BCUT2D eigenvalue weighted by atomic mass is 9.93. The zero-order valence-corrected chi connectivity index (χ0v) is 21.4. The Morgan fingerprint density at radius 3 is 2.45 bits per heavy atom. The van der Waals surface area contributed by atoms with E-state index in [0.717, 1.165) is 30.9 Å². The Kier molecular flexibility index (Phi) is 7.59. The number of hydrogen-bond acceptors (Lipinski definition) is 9. The highest BCUT2D eigenvalue weighted by Crippen LogP contribution is 2.33. The molecular formula is C26H25FN8O2S. The Morgan fingerprint density at radius 2 is 1.76 bits per heavy atom. The molecule has 2 amide bonds. The van der Waals surface area contributed by atoms with E-state index in [9.17, 15) is 14.0 Å². The molecule has 5 rings (SSSR count). The molecule has 4 aromatic rings. The summed E-state index contributed by atoms with van der Waals surface area (Å²) in [6.45, 7) is 2.96. The Morgan fingerprint density at radius 1 is 0.974 bits per heavy atom. The number of pyridine rings is 1. The van der Waals surface area contributed by atoms with E-state index >= 15 is 0 Å². The van der Waals surface area contributed by atoms with Crippen LogP contribution in [0.3, 0.4) is 0 Å². The lowest BCUT2D eigenvalue weighted by molar-refractivity contribution is -0.117. The van der Waals surface area contributed by atoms with Gasteiger partial charge in [-0.1, -0.05) is 35.6 Å². The SMILES string of the molecule is CC(=O)Nc1nnc(C2CCN(c3ccc(NC(=O)C(c4ccccn4)c4ccccc4F)nn3)CC2)s1. The lowest BCUT2D eigenvalue weighted by Crippen LogP contribution is -2.33. The fraction of sp³-hybridized carbons (Fsp3) is 0.269. The van der Waals surface area contributed by atoms with Crippen LogP contribution in [0.15, 0.2) is 60.8 Å². The quantitative estimate of drug-likeness (QED) is 0.366. The Bertz CT molecular complexity index is 1410. The highest BCUT2D eigenvalue weighted by Gasteiger charge is 2.28. The molecule has 3 aromatic heterocycles. The van der Waals surface area contributed by atoms with Crippen LogP contribution in [0.5, 0.6) is 0 Å². The third kappa shape index (κ3) is 5.80. The minimum absolute atomic E-state index is 0.166. The zero-order valence-electron chi connectivity index (χ0n) is 20.5. The highest BCUT2D eigenvalue weighted by molar-refractivity contribution is 7.15. The fourth-order valence-corrected chi connectivity index (χ4v) is 5.36. The first-order valence-corrected chi connectivity index (χ1v) is 13.0. The molecule has 1 aromatic carbocycles. The maximum absolute atomic E-state index is 14.6. The molecule has 2 N–H and O–H groups in total. The topological polar surface area (TPSA) is 126 Å². The van der Waals surface area contributed by atoms with Crippen molar-refractivity contribution in [1.29, 1.82) is 0 Å². The molecule has 0 radical (unpaired) electrons. The van der Waals surface area contributed by atoms with Crippen LogP contribution in [-0.2, 0) is 9.59 Å². The number of benzene rings is 1. The summed E-state index contributed by atoms with van der Waals surface area (Å²) in [4.78, 5) is 30.9. The lowest BCUT2D eigenvalue weighted by Gasteiger charge is -2.31. The normalized spacial score (nSPS) is 14.6. The number of carbonyl (C=O) groups is 2. The average Bonchev–Trinajstić information content (AvgIpc) is 3.39. The van der Waals surface area contributed by atoms with E-state index in [0.29, 0.717) is 16.6 Å². The molecule has 1 unspecified atom stereocenters. The monoisotopic (exact) mass is 532 g/mol. The van der Waals surface area contributed by atoms with Crippen molar-refractivity contribution in [3.63, 3.8) is 0 Å². The van der Waals surface area contributed by atoms with Gasteiger partial charge in [0.25, 0.3) is 0 Å². The van der Waals surface area contributed by atoms with Crippen molar-refractivity contribution in [3.8, 4) is 0 Å². The Labute approximate surface area is 222 Å². The van der Waals surface area contributed by atoms with Gasteiger partial charge in [-0.15, -0.1) is 20.4 Å². The minimum atomic E-state index is -0.940. The molecule has 1 saturated heterocycles. The number of piperidine rings is 1. The molecule has 194 valence electrons. The van der Waals surface area contributed by atoms with E-state index in [-0.39, 0.29) is 23.2 Å². The summed E-state index contributed by atoms with van der Waals surface area (Å²) < 4.78 is 14.6. The van der Waals surface area contributed by atoms with Crippen LogP contribution in [0.25, 0.3) is 0 Å². The van der Waals surface area contributed by atoms with Crippen molar-refractivity contribution in [2.24, 2.45) is 0 Å². The van der Waals surface area contributed by atoms with Crippen molar-refractivity contribution >= 4 is 39.9 Å². The van der Waals surface area contributed by atoms with Gasteiger partial charge < -0.3 is 15.5 Å². The van der Waals surface area contributed by atoms with Crippen LogP contribution in [0.1, 0.15) is 47.9 Å². The second-order valence-electron chi connectivity index (χ2n) is 8.86. The van der Waals surface area contributed by atoms with E-state index in [1.807, 2.05) is 6.07 Å². The molecule has 0 spiro atoms. The van der Waals surface area contributed by atoms with Crippen LogP contribution < -0.4 is 15.5 Å². The predicted octanol–water partition coefficient (Wildman–Crippen LogP) is 3.98. The van der Waals surface area contributed by atoms with Gasteiger partial charge in [-0.05, 0) is 43.2 Å². The molecule has 10 nitrogen and oxygen atoms in total. The van der Waals surface area contributed by atoms with Gasteiger partial charge in [0.2, 0.25) is 16.9 Å². The van der Waals surface area contributed by atoms with Gasteiger partial charge in [0.1, 0.15) is 16.7 Å². The molecule has 38 heavy (non-hydrogen) atoms. The molecule has 1 aliphatic rings. The van der Waals surface area contributed by atoms with E-state index < -0.39 is 17.6 Å². The molecule has 4 heterocycles. The Balaban J connectivity index is 1.23. The third-order valence-electron chi connectivity index (χ3n) is 6.26. The van der Waals surface area contributed by atoms with Gasteiger partial charge in [0, 0.05) is 37.7 Å². The Hall–Kier alpha value is -4.32. The number of halogens is 1. The molecule has 0 bridgehead atoms. The van der Waals surface area contributed by atoms with E-state index in [1.54, 1.807) is 48.7 Å². The van der Waals surface area contributed by atoms with Crippen LogP contribution >= 0.6 is 11.3 Å². The number of hydrogen-bond donors (Lipinski definition) is 2. The summed E-state index contributed by atoms with van der Waals surface area (Å²) >= 11 is 1.40. The van der Waals surface area contributed by atoms with Crippen molar-refractivity contribution in [2.45, 2.75) is 31.6 Å². The average molecular weight is 533 g/mol. The van der Waals surface area contributed by atoms with Crippen LogP contribution in [-0.4, -0.2) is 50.3 Å². The van der Waals surface area contributed by atoms with Gasteiger partial charge in [-0.2, -0.15) is 0 Å². The smallest absolute Gasteiger partial charge is 0.239 e. The second-order valence-corrected chi connectivity index (χ2v) is 9.87. The molecule has 1 fully saturated rings. The number of nitrogens with zero attached hydrogens (tertiary/aromatic N) is 6. The molecule has 0 aliphatic carbocycles. The van der Waals surface area contributed by atoms with Crippen LogP contribution in [0.4, 0.5) is 21.2 Å². The van der Waals surface area contributed by atoms with Crippen LogP contribution in [0, 0.1) is 5.82 Å². The standard InChI is InChI=1S/C26H25FN8O2S/c1-16(36)29-26-34-33-25(38-26)17-11-14-35(15-12-17)22-10-9-21(31-32-22)30-24(37)23(20-8-4-5-13-28-20)18-6-2-3-7-19(18)27/h2-10,13,17,23H,11-12,14-15H2,1H3,(H,29,34,36)(H,30,31,37). The minimum Gasteiger partial charge on any atom is -0.355 e. The maximum Gasteiger partial charge on any atom is 0.239 e. The number of amides is 2. The summed E-state index contributed by atoms with van der Waals surface area (Å²) in [5.41, 5.74) is 0.665. The first kappa shape index (κ1) is 25.3. The van der Waals surface area contributed by atoms with Crippen molar-refractivity contribution in [1.82, 2.24) is 25.4 Å². The number of nitrogens with one attached hydrogen (secondary N) is 2. The predicted molar refractivity (Wildman–Crippen MR) is 142 cm³/mol. The van der Waals surface area contributed by atoms with E-state index in [2.05, 4.69) is 40.9 Å². The molecule has 1 atom stereocenters. The number of aromatic nitrogens is 5. The summed E-state index contributed by atoms with van der Waals surface area (Å²) in [6, 6.07) is 14.9. The number of rotatable bonds is 7. The van der Waals surface area contributed by atoms with Gasteiger partial charge >= 0.3 is 0 Å². The summed E-state index contributed by atoms with van der Waals surface area (Å²) in [6.07, 6.45) is 3.30.